The van der Waals surface area contributed by atoms with Crippen molar-refractivity contribution in [1.29, 1.82) is 5.41 Å². The van der Waals surface area contributed by atoms with E-state index in [1.807, 2.05) is 0 Å². The van der Waals surface area contributed by atoms with Crippen LogP contribution in [0.4, 0.5) is 11.6 Å². The molecule has 3 aromatic rings. The van der Waals surface area contributed by atoms with Gasteiger partial charge in [-0.3, -0.25) is 5.41 Å². The van der Waals surface area contributed by atoms with Gasteiger partial charge in [0.25, 0.3) is 0 Å². The smallest absolute Gasteiger partial charge is 0.141 e. The molecule has 7 heteroatoms. The van der Waals surface area contributed by atoms with Crippen molar-refractivity contribution < 1.29 is 0 Å². The van der Waals surface area contributed by atoms with Gasteiger partial charge in [-0.1, -0.05) is 61.4 Å². The van der Waals surface area contributed by atoms with Gasteiger partial charge in [0.2, 0.25) is 0 Å². The predicted octanol–water partition coefficient (Wildman–Crippen LogP) is 6.12. The molecule has 4 N–H and O–H groups in total. The van der Waals surface area contributed by atoms with Crippen LogP contribution >= 0.6 is 11.6 Å². The van der Waals surface area contributed by atoms with Crippen LogP contribution in [0.5, 0.6) is 0 Å². The summed E-state index contributed by atoms with van der Waals surface area (Å²) >= 11 is 6.04. The number of hydrogen-bond acceptors (Lipinski definition) is 6. The molecular weight excluding hydrogens is 456 g/mol. The van der Waals surface area contributed by atoms with Crippen LogP contribution in [0, 0.1) is 12.3 Å². The molecule has 1 aromatic heterocycles. The van der Waals surface area contributed by atoms with E-state index in [4.69, 9.17) is 22.7 Å². The number of hydrogen-bond donors (Lipinski definition) is 3. The summed E-state index contributed by atoms with van der Waals surface area (Å²) in [5, 5.41) is 12.9. The molecule has 0 amide bonds. The van der Waals surface area contributed by atoms with E-state index in [-0.39, 0.29) is 11.5 Å². The van der Waals surface area contributed by atoms with Crippen LogP contribution in [-0.2, 0) is 0 Å². The Hall–Kier alpha value is -3.64. The first-order chi connectivity index (χ1) is 16.9. The van der Waals surface area contributed by atoms with E-state index in [0.717, 1.165) is 24.2 Å². The highest BCUT2D eigenvalue weighted by Crippen LogP contribution is 2.40. The Morgan fingerprint density at radius 3 is 2.66 bits per heavy atom. The summed E-state index contributed by atoms with van der Waals surface area (Å²) < 4.78 is 0. The fourth-order valence-corrected chi connectivity index (χ4v) is 5.34. The van der Waals surface area contributed by atoms with Gasteiger partial charge in [-0.15, -0.1) is 0 Å². The van der Waals surface area contributed by atoms with Crippen molar-refractivity contribution in [2.75, 3.05) is 17.6 Å². The zero-order valence-electron chi connectivity index (χ0n) is 19.8. The fourth-order valence-electron chi connectivity index (χ4n) is 5.22. The summed E-state index contributed by atoms with van der Waals surface area (Å²) in [6.45, 7) is 7.19. The van der Waals surface area contributed by atoms with Gasteiger partial charge in [0.05, 0.1) is 17.8 Å². The molecule has 0 saturated heterocycles. The Labute approximate surface area is 211 Å². The fraction of sp³-hybridized carbons (Fsp3) is 0.250. The van der Waals surface area contributed by atoms with E-state index in [1.54, 1.807) is 24.3 Å². The van der Waals surface area contributed by atoms with Gasteiger partial charge in [0, 0.05) is 33.6 Å². The lowest BCUT2D eigenvalue weighted by Gasteiger charge is -2.39. The van der Waals surface area contributed by atoms with Crippen LogP contribution in [0.2, 0.25) is 5.02 Å². The molecule has 1 fully saturated rings. The van der Waals surface area contributed by atoms with Crippen LogP contribution in [0.25, 0.3) is 11.8 Å². The van der Waals surface area contributed by atoms with E-state index >= 15 is 0 Å². The number of rotatable bonds is 6. The average molecular weight is 485 g/mol. The quantitative estimate of drug-likeness (QED) is 0.367. The molecule has 1 aliphatic heterocycles. The molecule has 1 saturated carbocycles. The van der Waals surface area contributed by atoms with Crippen molar-refractivity contribution in [2.24, 2.45) is 0 Å². The molecule has 0 bridgehead atoms. The van der Waals surface area contributed by atoms with Gasteiger partial charge >= 0.3 is 0 Å². The Morgan fingerprint density at radius 1 is 1.17 bits per heavy atom. The second-order valence-corrected chi connectivity index (χ2v) is 9.58. The molecule has 35 heavy (non-hydrogen) atoms. The van der Waals surface area contributed by atoms with Crippen LogP contribution in [0.15, 0.2) is 61.1 Å². The molecule has 0 radical (unpaired) electrons. The molecule has 178 valence electrons. The Bertz CT molecular complexity index is 1320. The van der Waals surface area contributed by atoms with Crippen molar-refractivity contribution in [3.63, 3.8) is 0 Å². The van der Waals surface area contributed by atoms with E-state index < -0.39 is 0 Å². The maximum atomic E-state index is 8.79. The van der Waals surface area contributed by atoms with E-state index in [1.165, 1.54) is 35.9 Å². The second kappa shape index (κ2) is 9.55. The van der Waals surface area contributed by atoms with Gasteiger partial charge in [0.1, 0.15) is 18.0 Å². The van der Waals surface area contributed by atoms with Crippen LogP contribution < -0.4 is 11.1 Å². The maximum absolute atomic E-state index is 8.79. The van der Waals surface area contributed by atoms with Crippen LogP contribution in [0.3, 0.4) is 0 Å². The average Bonchev–Trinajstić information content (AvgIpc) is 3.37. The summed E-state index contributed by atoms with van der Waals surface area (Å²) in [6.07, 6.45) is 8.46. The van der Waals surface area contributed by atoms with Crippen molar-refractivity contribution in [1.82, 2.24) is 14.9 Å². The third kappa shape index (κ3) is 4.42. The third-order valence-corrected chi connectivity index (χ3v) is 7.15. The highest BCUT2D eigenvalue weighted by atomic mass is 35.5. The normalized spacial score (nSPS) is 15.7. The number of anilines is 2. The molecule has 2 heterocycles. The lowest BCUT2D eigenvalue weighted by molar-refractivity contribution is 0.360. The summed E-state index contributed by atoms with van der Waals surface area (Å²) in [4.78, 5) is 11.0. The number of aryl methyl sites for hydroxylation is 1. The number of fused-ring (bicyclic) bond motifs is 1. The monoisotopic (exact) mass is 484 g/mol. The molecule has 0 atom stereocenters. The highest BCUT2D eigenvalue weighted by Gasteiger charge is 2.31. The first kappa shape index (κ1) is 23.1. The molecule has 0 unspecified atom stereocenters. The van der Waals surface area contributed by atoms with E-state index in [0.29, 0.717) is 34.6 Å². The van der Waals surface area contributed by atoms with E-state index in [9.17, 15) is 0 Å². The van der Waals surface area contributed by atoms with Gasteiger partial charge in [-0.05, 0) is 49.1 Å². The predicted molar refractivity (Wildman–Crippen MR) is 145 cm³/mol. The lowest BCUT2D eigenvalue weighted by Crippen LogP contribution is -2.36. The minimum Gasteiger partial charge on any atom is -0.383 e. The Kier molecular flexibility index (Phi) is 6.31. The van der Waals surface area contributed by atoms with Gasteiger partial charge in [-0.25, -0.2) is 9.97 Å². The topological polar surface area (TPSA) is 90.9 Å². The Morgan fingerprint density at radius 2 is 1.91 bits per heavy atom. The first-order valence-corrected chi connectivity index (χ1v) is 12.3. The number of aromatic nitrogens is 2. The maximum Gasteiger partial charge on any atom is 0.141 e. The van der Waals surface area contributed by atoms with E-state index in [2.05, 4.69) is 58.0 Å². The SMILES string of the molecule is C=C1c2c(C)cccc2C=C(CNc2ncnc(N)c2C(=N)c2ccc(Cl)cc2)N1C1CCCC1. The number of nitrogens with zero attached hydrogens (tertiary/aromatic N) is 3. The zero-order chi connectivity index (χ0) is 24.5. The van der Waals surface area contributed by atoms with Crippen LogP contribution in [-0.4, -0.2) is 33.2 Å². The van der Waals surface area contributed by atoms with Crippen LogP contribution in [0.1, 0.15) is 53.5 Å². The minimum atomic E-state index is 0.248. The molecule has 6 nitrogen and oxygen atoms in total. The van der Waals surface area contributed by atoms with Crippen molar-refractivity contribution >= 4 is 40.7 Å². The lowest BCUT2D eigenvalue weighted by atomic mass is 9.93. The first-order valence-electron chi connectivity index (χ1n) is 11.9. The standard InChI is InChI=1S/C28H29ClN6/c1-17-6-5-7-20-14-23(35(18(2)24(17)20)22-8-3-4-9-22)15-32-28-25(27(31)33-16-34-28)26(30)19-10-12-21(29)13-11-19/h5-7,10-14,16,22,30H,2-4,8-9,15H2,1H3,(H3,31,32,33,34). The van der Waals surface area contributed by atoms with Crippen molar-refractivity contribution in [3.05, 3.63) is 93.9 Å². The largest absolute Gasteiger partial charge is 0.383 e. The number of nitrogens with two attached hydrogens (primary N) is 1. The molecular formula is C28H29ClN6. The number of benzene rings is 2. The summed E-state index contributed by atoms with van der Waals surface area (Å²) in [5.74, 6) is 0.795. The highest BCUT2D eigenvalue weighted by molar-refractivity contribution is 6.30. The molecule has 1 aliphatic carbocycles. The molecule has 2 aromatic carbocycles. The third-order valence-electron chi connectivity index (χ3n) is 6.90. The summed E-state index contributed by atoms with van der Waals surface area (Å²) in [5.41, 5.74) is 13.5. The van der Waals surface area contributed by atoms with Gasteiger partial charge < -0.3 is 16.0 Å². The number of nitrogen functional groups attached to an aromatic ring is 1. The van der Waals surface area contributed by atoms with Gasteiger partial charge in [0.15, 0.2) is 0 Å². The van der Waals surface area contributed by atoms with Crippen molar-refractivity contribution in [2.45, 2.75) is 38.6 Å². The number of halogens is 1. The molecule has 5 rings (SSSR count). The number of nitrogens with one attached hydrogen (secondary N) is 2. The Balaban J connectivity index is 1.48. The zero-order valence-corrected chi connectivity index (χ0v) is 20.6. The minimum absolute atomic E-state index is 0.248. The van der Waals surface area contributed by atoms with Gasteiger partial charge in [-0.2, -0.15) is 0 Å². The summed E-state index contributed by atoms with van der Waals surface area (Å²) in [6, 6.07) is 13.9. The second-order valence-electron chi connectivity index (χ2n) is 9.15. The summed E-state index contributed by atoms with van der Waals surface area (Å²) in [7, 11) is 0. The molecule has 0 spiro atoms. The molecule has 2 aliphatic rings. The van der Waals surface area contributed by atoms with Crippen molar-refractivity contribution in [3.8, 4) is 0 Å².